The molecule has 2 fully saturated rings. The summed E-state index contributed by atoms with van der Waals surface area (Å²) in [6, 6.07) is -0.365. The number of nitrogens with one attached hydrogen (secondary N) is 1. The summed E-state index contributed by atoms with van der Waals surface area (Å²) in [6.45, 7) is 1.59. The number of aliphatic hydroxyl groups excluding tert-OH is 1. The second kappa shape index (κ2) is 5.75. The fraction of sp³-hybridized carbons (Fsp3) is 0.833. The maximum absolute atomic E-state index is 12.1. The molecular weight excluding hydrogens is 252 g/mol. The number of carboxylic acid groups (broad SMARTS) is 1. The van der Waals surface area contributed by atoms with E-state index < -0.39 is 11.5 Å². The number of rotatable bonds is 2. The Morgan fingerprint density at radius 1 is 1.21 bits per heavy atom. The van der Waals surface area contributed by atoms with Crippen molar-refractivity contribution in [2.45, 2.75) is 37.3 Å². The first kappa shape index (κ1) is 14.1. The van der Waals surface area contributed by atoms with Crippen LogP contribution in [0.4, 0.5) is 4.79 Å². The lowest BCUT2D eigenvalue weighted by molar-refractivity contribution is -0.148. The zero-order valence-corrected chi connectivity index (χ0v) is 10.8. The number of hydrogen-bond acceptors (Lipinski definition) is 4. The van der Waals surface area contributed by atoms with Crippen molar-refractivity contribution in [3.8, 4) is 0 Å². The number of aliphatic carboxylic acids is 1. The van der Waals surface area contributed by atoms with Gasteiger partial charge in [0.1, 0.15) is 5.54 Å². The van der Waals surface area contributed by atoms with Crippen LogP contribution in [0.5, 0.6) is 0 Å². The molecule has 0 saturated carbocycles. The van der Waals surface area contributed by atoms with Gasteiger partial charge in [-0.2, -0.15) is 0 Å². The average Bonchev–Trinajstić information content (AvgIpc) is 2.40. The van der Waals surface area contributed by atoms with Gasteiger partial charge in [0.05, 0.1) is 6.10 Å². The largest absolute Gasteiger partial charge is 0.480 e. The highest BCUT2D eigenvalue weighted by Crippen LogP contribution is 2.22. The molecular formula is C12H20N2O5. The molecule has 0 aromatic heterocycles. The second-order valence-corrected chi connectivity index (χ2v) is 5.15. The summed E-state index contributed by atoms with van der Waals surface area (Å²) in [4.78, 5) is 25.1. The summed E-state index contributed by atoms with van der Waals surface area (Å²) in [7, 11) is 0. The number of hydrogen-bond donors (Lipinski definition) is 3. The quantitative estimate of drug-likeness (QED) is 0.646. The summed E-state index contributed by atoms with van der Waals surface area (Å²) in [5, 5.41) is 21.4. The number of piperidine rings is 1. The summed E-state index contributed by atoms with van der Waals surface area (Å²) in [6.07, 6.45) is 1.28. The van der Waals surface area contributed by atoms with Crippen molar-refractivity contribution in [3.63, 3.8) is 0 Å². The molecule has 2 aliphatic rings. The Kier molecular flexibility index (Phi) is 4.26. The SMILES string of the molecule is O=C(NC1(C(=O)O)CCOCC1)N1CCC(O)CC1. The van der Waals surface area contributed by atoms with Crippen LogP contribution in [0, 0.1) is 0 Å². The van der Waals surface area contributed by atoms with Crippen LogP contribution in [-0.4, -0.2) is 65.1 Å². The van der Waals surface area contributed by atoms with Gasteiger partial charge in [0.2, 0.25) is 0 Å². The zero-order valence-electron chi connectivity index (χ0n) is 10.8. The van der Waals surface area contributed by atoms with E-state index in [9.17, 15) is 19.8 Å². The Bertz CT molecular complexity index is 346. The standard InChI is InChI=1S/C12H20N2O5/c15-9-1-5-14(6-2-9)11(18)13-12(10(16)17)3-7-19-8-4-12/h9,15H,1-8H2,(H,13,18)(H,16,17). The molecule has 2 amide bonds. The van der Waals surface area contributed by atoms with Crippen LogP contribution in [0.1, 0.15) is 25.7 Å². The summed E-state index contributed by atoms with van der Waals surface area (Å²) < 4.78 is 5.15. The zero-order chi connectivity index (χ0) is 13.9. The lowest BCUT2D eigenvalue weighted by atomic mass is 9.90. The minimum Gasteiger partial charge on any atom is -0.480 e. The monoisotopic (exact) mass is 272 g/mol. The minimum atomic E-state index is -1.22. The molecule has 0 unspecified atom stereocenters. The number of amides is 2. The van der Waals surface area contributed by atoms with E-state index in [2.05, 4.69) is 5.32 Å². The first-order valence-electron chi connectivity index (χ1n) is 6.60. The molecule has 0 aromatic carbocycles. The molecule has 2 rings (SSSR count). The van der Waals surface area contributed by atoms with Gasteiger partial charge in [-0.05, 0) is 12.8 Å². The second-order valence-electron chi connectivity index (χ2n) is 5.15. The molecule has 0 spiro atoms. The predicted molar refractivity (Wildman–Crippen MR) is 65.8 cm³/mol. The number of aliphatic hydroxyl groups is 1. The predicted octanol–water partition coefficient (Wildman–Crippen LogP) is -0.214. The molecule has 19 heavy (non-hydrogen) atoms. The van der Waals surface area contributed by atoms with Gasteiger partial charge in [-0.1, -0.05) is 0 Å². The van der Waals surface area contributed by atoms with E-state index in [0.717, 1.165) is 0 Å². The highest BCUT2D eigenvalue weighted by atomic mass is 16.5. The molecule has 0 radical (unpaired) electrons. The van der Waals surface area contributed by atoms with Gasteiger partial charge in [0.15, 0.2) is 0 Å². The average molecular weight is 272 g/mol. The third-order valence-electron chi connectivity index (χ3n) is 3.85. The van der Waals surface area contributed by atoms with E-state index in [1.807, 2.05) is 0 Å². The Hall–Kier alpha value is -1.34. The van der Waals surface area contributed by atoms with E-state index in [-0.39, 0.29) is 25.0 Å². The van der Waals surface area contributed by atoms with Crippen LogP contribution in [-0.2, 0) is 9.53 Å². The van der Waals surface area contributed by atoms with Gasteiger partial charge in [-0.25, -0.2) is 9.59 Å². The highest BCUT2D eigenvalue weighted by Gasteiger charge is 2.42. The number of carbonyl (C=O) groups is 2. The molecule has 2 saturated heterocycles. The number of likely N-dealkylation sites (tertiary alicyclic amines) is 1. The van der Waals surface area contributed by atoms with Crippen LogP contribution in [0.2, 0.25) is 0 Å². The van der Waals surface area contributed by atoms with Crippen molar-refractivity contribution in [1.29, 1.82) is 0 Å². The van der Waals surface area contributed by atoms with Gasteiger partial charge < -0.3 is 25.2 Å². The number of carboxylic acids is 1. The lowest BCUT2D eigenvalue weighted by Gasteiger charge is -2.37. The number of ether oxygens (including phenoxy) is 1. The van der Waals surface area contributed by atoms with Crippen LogP contribution >= 0.6 is 0 Å². The smallest absolute Gasteiger partial charge is 0.329 e. The fourth-order valence-electron chi connectivity index (χ4n) is 2.46. The molecule has 0 aromatic rings. The normalized spacial score (nSPS) is 23.9. The summed E-state index contributed by atoms with van der Waals surface area (Å²) >= 11 is 0. The van der Waals surface area contributed by atoms with Crippen LogP contribution in [0.15, 0.2) is 0 Å². The molecule has 2 aliphatic heterocycles. The van der Waals surface area contributed by atoms with Gasteiger partial charge in [-0.15, -0.1) is 0 Å². The number of carbonyl (C=O) groups excluding carboxylic acids is 1. The number of urea groups is 1. The van der Waals surface area contributed by atoms with Crippen LogP contribution in [0.3, 0.4) is 0 Å². The van der Waals surface area contributed by atoms with E-state index in [1.54, 1.807) is 4.90 Å². The summed E-state index contributed by atoms with van der Waals surface area (Å²) in [5.41, 5.74) is -1.22. The van der Waals surface area contributed by atoms with Crippen LogP contribution < -0.4 is 5.32 Å². The van der Waals surface area contributed by atoms with Gasteiger partial charge in [0.25, 0.3) is 0 Å². The third kappa shape index (κ3) is 3.16. The van der Waals surface area contributed by atoms with Crippen molar-refractivity contribution in [3.05, 3.63) is 0 Å². The molecule has 3 N–H and O–H groups in total. The Labute approximate surface area is 111 Å². The first-order chi connectivity index (χ1) is 9.03. The Balaban J connectivity index is 1.97. The number of nitrogens with zero attached hydrogens (tertiary/aromatic N) is 1. The van der Waals surface area contributed by atoms with E-state index in [0.29, 0.717) is 39.1 Å². The lowest BCUT2D eigenvalue weighted by Crippen LogP contribution is -2.61. The van der Waals surface area contributed by atoms with E-state index in [4.69, 9.17) is 4.74 Å². The highest BCUT2D eigenvalue weighted by molar-refractivity contribution is 5.86. The van der Waals surface area contributed by atoms with Crippen molar-refractivity contribution in [2.24, 2.45) is 0 Å². The maximum Gasteiger partial charge on any atom is 0.329 e. The van der Waals surface area contributed by atoms with Gasteiger partial charge >= 0.3 is 12.0 Å². The van der Waals surface area contributed by atoms with E-state index >= 15 is 0 Å². The third-order valence-corrected chi connectivity index (χ3v) is 3.85. The summed E-state index contributed by atoms with van der Waals surface area (Å²) in [5.74, 6) is -1.01. The van der Waals surface area contributed by atoms with Gasteiger partial charge in [-0.3, -0.25) is 0 Å². The first-order valence-corrected chi connectivity index (χ1v) is 6.60. The van der Waals surface area contributed by atoms with Crippen molar-refractivity contribution >= 4 is 12.0 Å². The minimum absolute atomic E-state index is 0.282. The van der Waals surface area contributed by atoms with Crippen molar-refractivity contribution < 1.29 is 24.5 Å². The Morgan fingerprint density at radius 3 is 2.32 bits per heavy atom. The van der Waals surface area contributed by atoms with Gasteiger partial charge in [0, 0.05) is 39.1 Å². The molecule has 0 atom stereocenters. The maximum atomic E-state index is 12.1. The topological polar surface area (TPSA) is 99.1 Å². The Morgan fingerprint density at radius 2 is 1.79 bits per heavy atom. The molecule has 0 aliphatic carbocycles. The molecule has 108 valence electrons. The molecule has 7 nitrogen and oxygen atoms in total. The molecule has 2 heterocycles. The van der Waals surface area contributed by atoms with Crippen LogP contribution in [0.25, 0.3) is 0 Å². The molecule has 0 bridgehead atoms. The van der Waals surface area contributed by atoms with Crippen molar-refractivity contribution in [1.82, 2.24) is 10.2 Å². The molecule has 7 heteroatoms. The fourth-order valence-corrected chi connectivity index (χ4v) is 2.46. The van der Waals surface area contributed by atoms with E-state index in [1.165, 1.54) is 0 Å². The van der Waals surface area contributed by atoms with Crippen molar-refractivity contribution in [2.75, 3.05) is 26.3 Å².